The third-order valence-electron chi connectivity index (χ3n) is 2.41. The number of anilines is 1. The Morgan fingerprint density at radius 1 is 1.29 bits per heavy atom. The van der Waals surface area contributed by atoms with Gasteiger partial charge in [0.1, 0.15) is 0 Å². The Balaban J connectivity index is 2.58. The van der Waals surface area contributed by atoms with E-state index in [4.69, 9.17) is 5.11 Å². The van der Waals surface area contributed by atoms with Crippen molar-refractivity contribution in [3.63, 3.8) is 0 Å². The van der Waals surface area contributed by atoms with Crippen molar-refractivity contribution >= 4 is 33.6 Å². The first-order valence-electron chi connectivity index (χ1n) is 5.84. The Labute approximate surface area is 126 Å². The molecular formula is C12H12BrF3N2O3. The SMILES string of the molecule is O=C(NCCCC(F)(F)F)Nc1c(Br)cccc1C(=O)O. The first kappa shape index (κ1) is 17.3. The van der Waals surface area contributed by atoms with Gasteiger partial charge in [-0.1, -0.05) is 6.07 Å². The van der Waals surface area contributed by atoms with E-state index >= 15 is 0 Å². The number of carboxylic acid groups (broad SMARTS) is 1. The number of para-hydroxylation sites is 1. The van der Waals surface area contributed by atoms with Gasteiger partial charge in [0, 0.05) is 17.4 Å². The maximum absolute atomic E-state index is 11.9. The minimum Gasteiger partial charge on any atom is -0.478 e. The summed E-state index contributed by atoms with van der Waals surface area (Å²) >= 11 is 3.10. The Hall–Kier alpha value is -1.77. The number of alkyl halides is 3. The van der Waals surface area contributed by atoms with Crippen molar-refractivity contribution in [2.24, 2.45) is 0 Å². The van der Waals surface area contributed by atoms with Crippen LogP contribution in [0.5, 0.6) is 0 Å². The van der Waals surface area contributed by atoms with Crippen molar-refractivity contribution in [2.75, 3.05) is 11.9 Å². The molecule has 0 aliphatic carbocycles. The zero-order chi connectivity index (χ0) is 16.0. The summed E-state index contributed by atoms with van der Waals surface area (Å²) in [6, 6.07) is 3.55. The highest BCUT2D eigenvalue weighted by Crippen LogP contribution is 2.26. The average Bonchev–Trinajstić information content (AvgIpc) is 2.35. The van der Waals surface area contributed by atoms with Gasteiger partial charge in [-0.2, -0.15) is 13.2 Å². The summed E-state index contributed by atoms with van der Waals surface area (Å²) in [5.41, 5.74) is -0.0897. The molecule has 0 spiro atoms. The van der Waals surface area contributed by atoms with Gasteiger partial charge in [-0.15, -0.1) is 0 Å². The summed E-state index contributed by atoms with van der Waals surface area (Å²) in [7, 11) is 0. The number of rotatable bonds is 5. The van der Waals surface area contributed by atoms with E-state index in [1.165, 1.54) is 18.2 Å². The molecule has 0 aliphatic rings. The average molecular weight is 369 g/mol. The van der Waals surface area contributed by atoms with E-state index < -0.39 is 24.6 Å². The molecular weight excluding hydrogens is 357 g/mol. The molecule has 116 valence electrons. The van der Waals surface area contributed by atoms with Crippen LogP contribution in [-0.4, -0.2) is 29.8 Å². The van der Waals surface area contributed by atoms with Crippen LogP contribution in [0.2, 0.25) is 0 Å². The molecule has 0 fully saturated rings. The van der Waals surface area contributed by atoms with Crippen molar-refractivity contribution in [1.82, 2.24) is 5.32 Å². The number of aromatic carboxylic acids is 1. The van der Waals surface area contributed by atoms with Crippen molar-refractivity contribution in [3.05, 3.63) is 28.2 Å². The predicted molar refractivity (Wildman–Crippen MR) is 73.4 cm³/mol. The maximum Gasteiger partial charge on any atom is 0.389 e. The van der Waals surface area contributed by atoms with Crippen molar-refractivity contribution in [1.29, 1.82) is 0 Å². The highest BCUT2D eigenvalue weighted by atomic mass is 79.9. The van der Waals surface area contributed by atoms with E-state index in [9.17, 15) is 22.8 Å². The Bertz CT molecular complexity index is 535. The van der Waals surface area contributed by atoms with Gasteiger partial charge < -0.3 is 15.7 Å². The number of carboxylic acids is 1. The van der Waals surface area contributed by atoms with Crippen LogP contribution in [0.15, 0.2) is 22.7 Å². The second-order valence-corrected chi connectivity index (χ2v) is 4.92. The summed E-state index contributed by atoms with van der Waals surface area (Å²) < 4.78 is 36.1. The second kappa shape index (κ2) is 7.30. The molecule has 0 atom stereocenters. The topological polar surface area (TPSA) is 78.4 Å². The van der Waals surface area contributed by atoms with E-state index in [1.54, 1.807) is 0 Å². The largest absolute Gasteiger partial charge is 0.478 e. The molecule has 0 aliphatic heterocycles. The van der Waals surface area contributed by atoms with E-state index in [0.717, 1.165) is 0 Å². The minimum absolute atomic E-state index is 0.0401. The van der Waals surface area contributed by atoms with Crippen LogP contribution in [0.4, 0.5) is 23.7 Å². The molecule has 0 aromatic heterocycles. The summed E-state index contributed by atoms with van der Waals surface area (Å²) in [5.74, 6) is -1.23. The molecule has 2 amide bonds. The lowest BCUT2D eigenvalue weighted by Crippen LogP contribution is -2.31. The van der Waals surface area contributed by atoms with Gasteiger partial charge in [0.25, 0.3) is 0 Å². The Morgan fingerprint density at radius 3 is 2.52 bits per heavy atom. The predicted octanol–water partition coefficient (Wildman–Crippen LogP) is 3.61. The molecule has 1 aromatic rings. The standard InChI is InChI=1S/C12H12BrF3N2O3/c13-8-4-1-3-7(10(19)20)9(8)18-11(21)17-6-2-5-12(14,15)16/h1,3-4H,2,5-6H2,(H,19,20)(H2,17,18,21). The van der Waals surface area contributed by atoms with Crippen molar-refractivity contribution < 1.29 is 27.9 Å². The number of carbonyl (C=O) groups excluding carboxylic acids is 1. The third-order valence-corrected chi connectivity index (χ3v) is 3.07. The fraction of sp³-hybridized carbons (Fsp3) is 0.333. The molecule has 0 heterocycles. The smallest absolute Gasteiger partial charge is 0.389 e. The first-order valence-corrected chi connectivity index (χ1v) is 6.63. The van der Waals surface area contributed by atoms with Crippen LogP contribution >= 0.6 is 15.9 Å². The highest BCUT2D eigenvalue weighted by molar-refractivity contribution is 9.10. The maximum atomic E-state index is 11.9. The molecule has 0 bridgehead atoms. The molecule has 0 saturated carbocycles. The van der Waals surface area contributed by atoms with E-state index in [1.807, 2.05) is 0 Å². The monoisotopic (exact) mass is 368 g/mol. The molecule has 1 aromatic carbocycles. The lowest BCUT2D eigenvalue weighted by Gasteiger charge is -2.12. The number of urea groups is 1. The van der Waals surface area contributed by atoms with Gasteiger partial charge in [0.2, 0.25) is 0 Å². The summed E-state index contributed by atoms with van der Waals surface area (Å²) in [6.45, 7) is -0.168. The molecule has 0 unspecified atom stereocenters. The normalized spacial score (nSPS) is 11.0. The van der Waals surface area contributed by atoms with Gasteiger partial charge in [0.05, 0.1) is 11.3 Å². The van der Waals surface area contributed by atoms with Gasteiger partial charge in [-0.05, 0) is 34.5 Å². The summed E-state index contributed by atoms with van der Waals surface area (Å²) in [5, 5.41) is 13.5. The Morgan fingerprint density at radius 2 is 1.95 bits per heavy atom. The zero-order valence-electron chi connectivity index (χ0n) is 10.6. The lowest BCUT2D eigenvalue weighted by atomic mass is 10.2. The molecule has 5 nitrogen and oxygen atoms in total. The number of halogens is 4. The van der Waals surface area contributed by atoms with Gasteiger partial charge in [-0.3, -0.25) is 0 Å². The van der Waals surface area contributed by atoms with Crippen LogP contribution in [-0.2, 0) is 0 Å². The molecule has 0 radical (unpaired) electrons. The molecule has 3 N–H and O–H groups in total. The van der Waals surface area contributed by atoms with Crippen LogP contribution < -0.4 is 10.6 Å². The number of benzene rings is 1. The van der Waals surface area contributed by atoms with E-state index in [2.05, 4.69) is 26.6 Å². The molecule has 21 heavy (non-hydrogen) atoms. The fourth-order valence-corrected chi connectivity index (χ4v) is 1.94. The fourth-order valence-electron chi connectivity index (χ4n) is 1.48. The van der Waals surface area contributed by atoms with Gasteiger partial charge in [0.15, 0.2) is 0 Å². The number of nitrogens with one attached hydrogen (secondary N) is 2. The summed E-state index contributed by atoms with van der Waals surface area (Å²) in [6.07, 6.45) is -5.52. The van der Waals surface area contributed by atoms with Gasteiger partial charge >= 0.3 is 18.2 Å². The van der Waals surface area contributed by atoms with Crippen LogP contribution in [0.25, 0.3) is 0 Å². The van der Waals surface area contributed by atoms with E-state index in [-0.39, 0.29) is 24.2 Å². The quantitative estimate of drug-likeness (QED) is 0.694. The zero-order valence-corrected chi connectivity index (χ0v) is 12.2. The van der Waals surface area contributed by atoms with Crippen LogP contribution in [0, 0.1) is 0 Å². The number of carbonyl (C=O) groups is 2. The van der Waals surface area contributed by atoms with Gasteiger partial charge in [-0.25, -0.2) is 9.59 Å². The molecule has 0 saturated heterocycles. The number of hydrogen-bond acceptors (Lipinski definition) is 2. The highest BCUT2D eigenvalue weighted by Gasteiger charge is 2.26. The second-order valence-electron chi connectivity index (χ2n) is 4.07. The number of amides is 2. The summed E-state index contributed by atoms with van der Waals surface area (Å²) in [4.78, 5) is 22.6. The lowest BCUT2D eigenvalue weighted by molar-refractivity contribution is -0.135. The first-order chi connectivity index (χ1) is 9.70. The minimum atomic E-state index is -4.27. The van der Waals surface area contributed by atoms with Crippen molar-refractivity contribution in [2.45, 2.75) is 19.0 Å². The third kappa shape index (κ3) is 6.03. The van der Waals surface area contributed by atoms with Crippen LogP contribution in [0.1, 0.15) is 23.2 Å². The van der Waals surface area contributed by atoms with Crippen LogP contribution in [0.3, 0.4) is 0 Å². The Kier molecular flexibility index (Phi) is 6.01. The molecule has 9 heteroatoms. The van der Waals surface area contributed by atoms with Crippen molar-refractivity contribution in [3.8, 4) is 0 Å². The van der Waals surface area contributed by atoms with E-state index in [0.29, 0.717) is 4.47 Å². The number of hydrogen-bond donors (Lipinski definition) is 3. The molecule has 1 rings (SSSR count).